The number of piperazine rings is 1. The van der Waals surface area contributed by atoms with Crippen LogP contribution in [0.3, 0.4) is 0 Å². The number of aliphatic hydroxyl groups excluding tert-OH is 1. The topological polar surface area (TPSA) is 39.9 Å². The van der Waals surface area contributed by atoms with Gasteiger partial charge in [-0.25, -0.2) is 0 Å². The van der Waals surface area contributed by atoms with Crippen molar-refractivity contribution in [2.24, 2.45) is 0 Å². The number of benzene rings is 3. The molecule has 1 fully saturated rings. The summed E-state index contributed by atoms with van der Waals surface area (Å²) in [6, 6.07) is 33.8. The standard InChI is InChI=1S/C30H32N2O2/c1-23-27(21-29(34-23)24-11-5-2-6-12-24)28(33)22-31-17-19-32(20-18-31)30(25-13-7-3-8-14-25)26-15-9-4-10-16-26/h2-16,21,28,30,33H,17-20,22H2,1H3. The third-order valence-corrected chi connectivity index (χ3v) is 6.81. The van der Waals surface area contributed by atoms with Crippen molar-refractivity contribution in [2.45, 2.75) is 19.1 Å². The van der Waals surface area contributed by atoms with Crippen LogP contribution < -0.4 is 0 Å². The normalized spacial score (nSPS) is 16.1. The van der Waals surface area contributed by atoms with E-state index in [-0.39, 0.29) is 6.04 Å². The predicted octanol–water partition coefficient (Wildman–Crippen LogP) is 5.70. The zero-order chi connectivity index (χ0) is 23.3. The first-order valence-corrected chi connectivity index (χ1v) is 12.1. The first-order valence-electron chi connectivity index (χ1n) is 12.1. The van der Waals surface area contributed by atoms with Crippen LogP contribution in [0.25, 0.3) is 11.3 Å². The molecule has 1 atom stereocenters. The van der Waals surface area contributed by atoms with Crippen LogP contribution in [0, 0.1) is 6.92 Å². The van der Waals surface area contributed by atoms with Crippen molar-refractivity contribution in [3.05, 3.63) is 120 Å². The first kappa shape index (κ1) is 22.6. The van der Waals surface area contributed by atoms with Gasteiger partial charge in [-0.3, -0.25) is 9.80 Å². The average molecular weight is 453 g/mol. The Labute approximate surface area is 202 Å². The second-order valence-electron chi connectivity index (χ2n) is 9.06. The third kappa shape index (κ3) is 5.00. The first-order chi connectivity index (χ1) is 16.7. The lowest BCUT2D eigenvalue weighted by atomic mass is 9.96. The number of hydrogen-bond acceptors (Lipinski definition) is 4. The fourth-order valence-electron chi connectivity index (χ4n) is 5.00. The van der Waals surface area contributed by atoms with Gasteiger partial charge >= 0.3 is 0 Å². The summed E-state index contributed by atoms with van der Waals surface area (Å²) >= 11 is 0. The van der Waals surface area contributed by atoms with Crippen molar-refractivity contribution in [2.75, 3.05) is 32.7 Å². The molecule has 4 aromatic rings. The summed E-state index contributed by atoms with van der Waals surface area (Å²) < 4.78 is 5.97. The number of furan rings is 1. The van der Waals surface area contributed by atoms with Crippen molar-refractivity contribution in [1.82, 2.24) is 9.80 Å². The molecule has 34 heavy (non-hydrogen) atoms. The van der Waals surface area contributed by atoms with E-state index < -0.39 is 6.10 Å². The van der Waals surface area contributed by atoms with Gasteiger partial charge < -0.3 is 9.52 Å². The molecular weight excluding hydrogens is 420 g/mol. The molecule has 1 aromatic heterocycles. The maximum Gasteiger partial charge on any atom is 0.134 e. The summed E-state index contributed by atoms with van der Waals surface area (Å²) in [4.78, 5) is 4.92. The Hall–Kier alpha value is -3.18. The van der Waals surface area contributed by atoms with E-state index in [0.717, 1.165) is 48.8 Å². The van der Waals surface area contributed by atoms with Gasteiger partial charge in [0.05, 0.1) is 12.1 Å². The molecule has 0 radical (unpaired) electrons. The highest BCUT2D eigenvalue weighted by molar-refractivity contribution is 5.58. The van der Waals surface area contributed by atoms with E-state index in [9.17, 15) is 5.11 Å². The van der Waals surface area contributed by atoms with Gasteiger partial charge in [-0.1, -0.05) is 91.0 Å². The van der Waals surface area contributed by atoms with Gasteiger partial charge in [-0.15, -0.1) is 0 Å². The molecule has 5 rings (SSSR count). The molecule has 0 saturated carbocycles. The molecule has 0 bridgehead atoms. The molecule has 0 spiro atoms. The number of β-amino-alcohol motifs (C(OH)–C–C–N with tert-alkyl or cyclic N) is 1. The van der Waals surface area contributed by atoms with E-state index in [1.807, 2.05) is 43.3 Å². The number of nitrogens with zero attached hydrogens (tertiary/aromatic N) is 2. The van der Waals surface area contributed by atoms with Gasteiger partial charge in [0, 0.05) is 43.9 Å². The third-order valence-electron chi connectivity index (χ3n) is 6.81. The monoisotopic (exact) mass is 452 g/mol. The summed E-state index contributed by atoms with van der Waals surface area (Å²) in [6.07, 6.45) is -0.563. The SMILES string of the molecule is Cc1oc(-c2ccccc2)cc1C(O)CN1CCN(C(c2ccccc2)c2ccccc2)CC1. The van der Waals surface area contributed by atoms with E-state index in [0.29, 0.717) is 6.54 Å². The number of hydrogen-bond donors (Lipinski definition) is 1. The highest BCUT2D eigenvalue weighted by atomic mass is 16.3. The van der Waals surface area contributed by atoms with Crippen LogP contribution in [0.4, 0.5) is 0 Å². The maximum atomic E-state index is 11.0. The van der Waals surface area contributed by atoms with Gasteiger partial charge in [0.2, 0.25) is 0 Å². The lowest BCUT2D eigenvalue weighted by Crippen LogP contribution is -2.48. The zero-order valence-electron chi connectivity index (χ0n) is 19.7. The minimum Gasteiger partial charge on any atom is -0.461 e. The smallest absolute Gasteiger partial charge is 0.134 e. The van der Waals surface area contributed by atoms with Crippen LogP contribution in [-0.2, 0) is 0 Å². The van der Waals surface area contributed by atoms with Crippen molar-refractivity contribution in [3.8, 4) is 11.3 Å². The summed E-state index contributed by atoms with van der Waals surface area (Å²) in [6.45, 7) is 6.32. The van der Waals surface area contributed by atoms with Crippen molar-refractivity contribution in [1.29, 1.82) is 0 Å². The lowest BCUT2D eigenvalue weighted by Gasteiger charge is -2.40. The van der Waals surface area contributed by atoms with Gasteiger partial charge in [-0.05, 0) is 24.1 Å². The number of rotatable bonds is 7. The Morgan fingerprint density at radius 1 is 0.765 bits per heavy atom. The molecule has 2 heterocycles. The highest BCUT2D eigenvalue weighted by Crippen LogP contribution is 2.31. The largest absolute Gasteiger partial charge is 0.461 e. The van der Waals surface area contributed by atoms with Crippen molar-refractivity contribution >= 4 is 0 Å². The molecule has 0 aliphatic carbocycles. The molecule has 4 nitrogen and oxygen atoms in total. The van der Waals surface area contributed by atoms with Gasteiger partial charge in [0.15, 0.2) is 0 Å². The number of aliphatic hydroxyl groups is 1. The molecule has 174 valence electrons. The minimum atomic E-state index is -0.563. The lowest BCUT2D eigenvalue weighted by molar-refractivity contribution is 0.0617. The van der Waals surface area contributed by atoms with E-state index >= 15 is 0 Å². The summed E-state index contributed by atoms with van der Waals surface area (Å²) in [5.74, 6) is 1.60. The molecular formula is C30H32N2O2. The van der Waals surface area contributed by atoms with Crippen LogP contribution in [0.15, 0.2) is 101 Å². The zero-order valence-corrected chi connectivity index (χ0v) is 19.7. The van der Waals surface area contributed by atoms with Crippen LogP contribution in [0.2, 0.25) is 0 Å². The molecule has 1 N–H and O–H groups in total. The quantitative estimate of drug-likeness (QED) is 0.391. The Balaban J connectivity index is 1.25. The maximum absolute atomic E-state index is 11.0. The van der Waals surface area contributed by atoms with Crippen LogP contribution in [-0.4, -0.2) is 47.6 Å². The summed E-state index contributed by atoms with van der Waals surface area (Å²) in [5.41, 5.74) is 4.56. The van der Waals surface area contributed by atoms with E-state index in [1.54, 1.807) is 0 Å². The Morgan fingerprint density at radius 2 is 1.29 bits per heavy atom. The Kier molecular flexibility index (Phi) is 6.91. The van der Waals surface area contributed by atoms with Gasteiger partial charge in [0.1, 0.15) is 11.5 Å². The minimum absolute atomic E-state index is 0.249. The molecule has 0 amide bonds. The second kappa shape index (κ2) is 10.4. The fourth-order valence-corrected chi connectivity index (χ4v) is 5.00. The molecule has 1 aliphatic rings. The van der Waals surface area contributed by atoms with E-state index in [2.05, 4.69) is 70.5 Å². The Bertz CT molecular complexity index is 1130. The molecule has 1 aliphatic heterocycles. The van der Waals surface area contributed by atoms with Crippen LogP contribution in [0.1, 0.15) is 34.6 Å². The molecule has 3 aromatic carbocycles. The molecule has 4 heteroatoms. The van der Waals surface area contributed by atoms with Crippen LogP contribution >= 0.6 is 0 Å². The summed E-state index contributed by atoms with van der Waals surface area (Å²) in [5, 5.41) is 11.0. The summed E-state index contributed by atoms with van der Waals surface area (Å²) in [7, 11) is 0. The fraction of sp³-hybridized carbons (Fsp3) is 0.267. The second-order valence-corrected chi connectivity index (χ2v) is 9.06. The van der Waals surface area contributed by atoms with Gasteiger partial charge in [-0.2, -0.15) is 0 Å². The number of aryl methyl sites for hydroxylation is 1. The van der Waals surface area contributed by atoms with Crippen molar-refractivity contribution in [3.63, 3.8) is 0 Å². The van der Waals surface area contributed by atoms with E-state index in [4.69, 9.17) is 4.42 Å². The average Bonchev–Trinajstić information content (AvgIpc) is 3.29. The van der Waals surface area contributed by atoms with E-state index in [1.165, 1.54) is 11.1 Å². The molecule has 1 saturated heterocycles. The van der Waals surface area contributed by atoms with Crippen LogP contribution in [0.5, 0.6) is 0 Å². The van der Waals surface area contributed by atoms with Crippen molar-refractivity contribution < 1.29 is 9.52 Å². The Morgan fingerprint density at radius 3 is 1.85 bits per heavy atom. The highest BCUT2D eigenvalue weighted by Gasteiger charge is 2.28. The predicted molar refractivity (Wildman–Crippen MR) is 137 cm³/mol. The molecule has 1 unspecified atom stereocenters. The van der Waals surface area contributed by atoms with Gasteiger partial charge in [0.25, 0.3) is 0 Å².